The first kappa shape index (κ1) is 20.6. The van der Waals surface area contributed by atoms with Crippen LogP contribution in [0.1, 0.15) is 46.2 Å². The fourth-order valence-corrected chi connectivity index (χ4v) is 4.76. The second-order valence-electron chi connectivity index (χ2n) is 8.10. The summed E-state index contributed by atoms with van der Waals surface area (Å²) in [5.41, 5.74) is 8.44. The third kappa shape index (κ3) is 3.31. The molecule has 0 aliphatic carbocycles. The average Bonchev–Trinajstić information content (AvgIpc) is 3.10. The van der Waals surface area contributed by atoms with E-state index < -0.39 is 0 Å². The minimum atomic E-state index is 0.243. The molecule has 2 aromatic carbocycles. The van der Waals surface area contributed by atoms with Crippen molar-refractivity contribution in [3.63, 3.8) is 0 Å². The Bertz CT molecular complexity index is 1360. The number of fused-ring (bicyclic) bond motifs is 5. The summed E-state index contributed by atoms with van der Waals surface area (Å²) in [5.74, 6) is 1.05. The molecule has 1 atom stereocenters. The number of benzene rings is 2. The fraction of sp³-hybridized carbons (Fsp3) is 0.222. The molecule has 0 amide bonds. The molecule has 1 aliphatic heterocycles. The minimum absolute atomic E-state index is 0.243. The maximum Gasteiger partial charge on any atom is 0.142 e. The number of halogens is 1. The molecule has 0 radical (unpaired) electrons. The van der Waals surface area contributed by atoms with Crippen molar-refractivity contribution in [3.8, 4) is 11.4 Å². The Hall–Kier alpha value is -2.65. The highest BCUT2D eigenvalue weighted by Crippen LogP contribution is 2.34. The number of hydrogen-bond acceptors (Lipinski definition) is 1. The van der Waals surface area contributed by atoms with Crippen molar-refractivity contribution in [2.24, 2.45) is 0 Å². The van der Waals surface area contributed by atoms with Crippen LogP contribution >= 0.6 is 15.9 Å². The normalized spacial score (nSPS) is 17.7. The number of rotatable bonds is 3. The number of nitrogens with zero attached hydrogens (tertiary/aromatic N) is 2. The third-order valence-corrected chi connectivity index (χ3v) is 6.48. The Balaban J connectivity index is 1.98. The van der Waals surface area contributed by atoms with Crippen LogP contribution in [0.2, 0.25) is 0 Å². The Morgan fingerprint density at radius 2 is 1.93 bits per heavy atom. The smallest absolute Gasteiger partial charge is 0.142 e. The van der Waals surface area contributed by atoms with E-state index in [-0.39, 0.29) is 6.04 Å². The zero-order valence-corrected chi connectivity index (χ0v) is 19.8. The standard InChI is InChI=1S/C27H27BrN2/c1-7-9-16(2)14-17(3)21-12-13-24-25(15-21)30-20(6)18(4)26-22(19(5)28)10-8-11-23(26)27(30)29-24/h7-15,20H,1H2,2-6H3. The van der Waals surface area contributed by atoms with Crippen LogP contribution in [0.5, 0.6) is 0 Å². The first-order valence-corrected chi connectivity index (χ1v) is 11.1. The summed E-state index contributed by atoms with van der Waals surface area (Å²) in [6.07, 6.45) is 6.06. The van der Waals surface area contributed by atoms with E-state index in [1.165, 1.54) is 43.8 Å². The highest BCUT2D eigenvalue weighted by Gasteiger charge is 2.25. The van der Waals surface area contributed by atoms with E-state index in [2.05, 4.69) is 104 Å². The highest BCUT2D eigenvalue weighted by molar-refractivity contribution is 9.14. The molecule has 1 aromatic heterocycles. The van der Waals surface area contributed by atoms with Crippen LogP contribution in [0.25, 0.3) is 38.0 Å². The van der Waals surface area contributed by atoms with Crippen LogP contribution in [0, 0.1) is 0 Å². The van der Waals surface area contributed by atoms with Gasteiger partial charge in [0.05, 0.1) is 17.1 Å². The maximum atomic E-state index is 5.05. The predicted octanol–water partition coefficient (Wildman–Crippen LogP) is 6.51. The molecule has 4 rings (SSSR count). The van der Waals surface area contributed by atoms with Gasteiger partial charge in [0, 0.05) is 5.56 Å². The first-order chi connectivity index (χ1) is 14.3. The van der Waals surface area contributed by atoms with E-state index in [1.54, 1.807) is 0 Å². The largest absolute Gasteiger partial charge is 0.317 e. The van der Waals surface area contributed by atoms with Gasteiger partial charge in [0.25, 0.3) is 0 Å². The summed E-state index contributed by atoms with van der Waals surface area (Å²) in [5, 5.41) is 2.56. The van der Waals surface area contributed by atoms with E-state index in [0.29, 0.717) is 0 Å². The van der Waals surface area contributed by atoms with Crippen molar-refractivity contribution in [1.29, 1.82) is 0 Å². The van der Waals surface area contributed by atoms with Gasteiger partial charge < -0.3 is 4.57 Å². The van der Waals surface area contributed by atoms with Gasteiger partial charge in [0.2, 0.25) is 0 Å². The molecule has 0 N–H and O–H groups in total. The second-order valence-corrected chi connectivity index (χ2v) is 9.29. The maximum absolute atomic E-state index is 5.05. The number of hydrogen-bond donors (Lipinski definition) is 0. The highest BCUT2D eigenvalue weighted by atomic mass is 79.9. The Kier molecular flexibility index (Phi) is 5.42. The molecule has 2 nitrogen and oxygen atoms in total. The summed E-state index contributed by atoms with van der Waals surface area (Å²) in [4.78, 5) is 5.05. The summed E-state index contributed by atoms with van der Waals surface area (Å²) in [7, 11) is 0. The summed E-state index contributed by atoms with van der Waals surface area (Å²) in [6.45, 7) is 14.7. The van der Waals surface area contributed by atoms with Crippen molar-refractivity contribution in [1.82, 2.24) is 9.55 Å². The van der Waals surface area contributed by atoms with E-state index in [4.69, 9.17) is 4.98 Å². The molecular weight excluding hydrogens is 432 g/mol. The molecule has 0 bridgehead atoms. The third-order valence-electron chi connectivity index (χ3n) is 6.05. The van der Waals surface area contributed by atoms with Crippen molar-refractivity contribution < 1.29 is 0 Å². The molecule has 0 spiro atoms. The lowest BCUT2D eigenvalue weighted by molar-refractivity contribution is 0.687. The van der Waals surface area contributed by atoms with E-state index in [0.717, 1.165) is 15.8 Å². The van der Waals surface area contributed by atoms with Crippen LogP contribution in [-0.4, -0.2) is 9.55 Å². The van der Waals surface area contributed by atoms with Crippen molar-refractivity contribution in [2.45, 2.75) is 40.7 Å². The van der Waals surface area contributed by atoms with Crippen molar-refractivity contribution in [2.75, 3.05) is 0 Å². The molecule has 0 saturated heterocycles. The molecule has 1 unspecified atom stereocenters. The van der Waals surface area contributed by atoms with Gasteiger partial charge in [0.15, 0.2) is 0 Å². The van der Waals surface area contributed by atoms with Crippen LogP contribution in [0.15, 0.2) is 66.8 Å². The molecule has 152 valence electrons. The Labute approximate surface area is 186 Å². The van der Waals surface area contributed by atoms with Crippen LogP contribution in [0.3, 0.4) is 0 Å². The topological polar surface area (TPSA) is 17.8 Å². The fourth-order valence-electron chi connectivity index (χ4n) is 4.43. The van der Waals surface area contributed by atoms with E-state index in [1.807, 2.05) is 12.2 Å². The zero-order chi connectivity index (χ0) is 21.6. The van der Waals surface area contributed by atoms with E-state index >= 15 is 0 Å². The lowest BCUT2D eigenvalue weighted by Gasteiger charge is -2.25. The molecule has 1 aliphatic rings. The Morgan fingerprint density at radius 3 is 2.63 bits per heavy atom. The SMILES string of the molecule is C=CC=C(C)C=C(C)c1ccc2nc3n(c2c1)C(C)C(C)=c1c-3cccc1=C(C)Br. The van der Waals surface area contributed by atoms with Crippen molar-refractivity contribution >= 4 is 42.6 Å². The van der Waals surface area contributed by atoms with Gasteiger partial charge in [-0.05, 0) is 78.4 Å². The van der Waals surface area contributed by atoms with Crippen molar-refractivity contribution in [3.05, 3.63) is 82.8 Å². The zero-order valence-electron chi connectivity index (χ0n) is 18.3. The van der Waals surface area contributed by atoms with Gasteiger partial charge in [-0.15, -0.1) is 0 Å². The van der Waals surface area contributed by atoms with Gasteiger partial charge in [-0.1, -0.05) is 70.6 Å². The minimum Gasteiger partial charge on any atom is -0.317 e. The molecular formula is C27H27BrN2. The quantitative estimate of drug-likeness (QED) is 0.409. The molecule has 2 heterocycles. The lowest BCUT2D eigenvalue weighted by atomic mass is 9.96. The van der Waals surface area contributed by atoms with Crippen LogP contribution in [-0.2, 0) is 0 Å². The van der Waals surface area contributed by atoms with E-state index in [9.17, 15) is 0 Å². The van der Waals surface area contributed by atoms with Gasteiger partial charge in [0.1, 0.15) is 5.82 Å². The first-order valence-electron chi connectivity index (χ1n) is 10.3. The second kappa shape index (κ2) is 7.88. The van der Waals surface area contributed by atoms with Crippen LogP contribution < -0.4 is 10.4 Å². The van der Waals surface area contributed by atoms with Gasteiger partial charge in [-0.25, -0.2) is 4.98 Å². The number of allylic oxidation sites excluding steroid dienone is 5. The summed E-state index contributed by atoms with van der Waals surface area (Å²) >= 11 is 3.70. The average molecular weight is 459 g/mol. The number of imidazole rings is 1. The predicted molar refractivity (Wildman–Crippen MR) is 134 cm³/mol. The lowest BCUT2D eigenvalue weighted by Crippen LogP contribution is -2.35. The summed E-state index contributed by atoms with van der Waals surface area (Å²) < 4.78 is 3.55. The molecule has 3 heteroatoms. The summed E-state index contributed by atoms with van der Waals surface area (Å²) in [6, 6.07) is 13.3. The van der Waals surface area contributed by atoms with Gasteiger partial charge >= 0.3 is 0 Å². The van der Waals surface area contributed by atoms with Crippen LogP contribution in [0.4, 0.5) is 0 Å². The van der Waals surface area contributed by atoms with Gasteiger partial charge in [-0.2, -0.15) is 0 Å². The molecule has 30 heavy (non-hydrogen) atoms. The molecule has 3 aromatic rings. The number of aromatic nitrogens is 2. The molecule has 0 fully saturated rings. The molecule has 0 saturated carbocycles. The monoisotopic (exact) mass is 458 g/mol. The Morgan fingerprint density at radius 1 is 1.17 bits per heavy atom. The van der Waals surface area contributed by atoms with Gasteiger partial charge in [-0.3, -0.25) is 0 Å².